The summed E-state index contributed by atoms with van der Waals surface area (Å²) in [7, 11) is 0. The maximum atomic E-state index is 13.7. The lowest BCUT2D eigenvalue weighted by Gasteiger charge is -2.07. The van der Waals surface area contributed by atoms with E-state index in [9.17, 15) is 9.18 Å². The molecule has 0 aliphatic rings. The summed E-state index contributed by atoms with van der Waals surface area (Å²) in [6.07, 6.45) is 0.572. The molecule has 0 saturated heterocycles. The first kappa shape index (κ1) is 12.3. The Morgan fingerprint density at radius 2 is 2.22 bits per heavy atom. The summed E-state index contributed by atoms with van der Waals surface area (Å²) < 4.78 is 19.0. The van der Waals surface area contributed by atoms with Gasteiger partial charge in [-0.05, 0) is 18.6 Å². The molecule has 1 aromatic heterocycles. The average molecular weight is 248 g/mol. The molecule has 0 bridgehead atoms. The van der Waals surface area contributed by atoms with E-state index in [1.807, 2.05) is 6.92 Å². The predicted octanol–water partition coefficient (Wildman–Crippen LogP) is 2.57. The van der Waals surface area contributed by atoms with E-state index in [4.69, 9.17) is 4.74 Å². The van der Waals surface area contributed by atoms with Crippen LogP contribution in [0.2, 0.25) is 0 Å². The molecule has 94 valence electrons. The third-order valence-electron chi connectivity index (χ3n) is 2.47. The molecular formula is C13H13FN2O2. The number of halogens is 1. The number of nitrogens with zero attached hydrogens (tertiary/aromatic N) is 1. The molecule has 0 radical (unpaired) electrons. The summed E-state index contributed by atoms with van der Waals surface area (Å²) in [6, 6.07) is 6.02. The Balaban J connectivity index is 2.37. The summed E-state index contributed by atoms with van der Waals surface area (Å²) in [5, 5.41) is 0. The van der Waals surface area contributed by atoms with Crippen LogP contribution >= 0.6 is 0 Å². The summed E-state index contributed by atoms with van der Waals surface area (Å²) >= 11 is 0. The van der Waals surface area contributed by atoms with Crippen molar-refractivity contribution in [1.82, 2.24) is 9.97 Å². The van der Waals surface area contributed by atoms with Crippen molar-refractivity contribution in [2.75, 3.05) is 0 Å². The minimum absolute atomic E-state index is 0.0650. The molecule has 1 N–H and O–H groups in total. The largest absolute Gasteiger partial charge is 0.436 e. The average Bonchev–Trinajstić information content (AvgIpc) is 2.34. The highest BCUT2D eigenvalue weighted by Crippen LogP contribution is 2.24. The van der Waals surface area contributed by atoms with Crippen molar-refractivity contribution in [1.29, 1.82) is 0 Å². The van der Waals surface area contributed by atoms with Crippen LogP contribution in [0, 0.1) is 12.7 Å². The molecule has 0 atom stereocenters. The molecule has 0 aliphatic heterocycles. The van der Waals surface area contributed by atoms with Crippen molar-refractivity contribution < 1.29 is 9.13 Å². The number of aryl methyl sites for hydroxylation is 2. The molecular weight excluding hydrogens is 235 g/mol. The Bertz CT molecular complexity index is 623. The fraction of sp³-hybridized carbons (Fsp3) is 0.231. The highest BCUT2D eigenvalue weighted by molar-refractivity contribution is 5.32. The van der Waals surface area contributed by atoms with Crippen molar-refractivity contribution in [3.63, 3.8) is 0 Å². The molecule has 0 saturated carbocycles. The van der Waals surface area contributed by atoms with Crippen LogP contribution in [0.4, 0.5) is 4.39 Å². The van der Waals surface area contributed by atoms with Gasteiger partial charge in [-0.15, -0.1) is 0 Å². The summed E-state index contributed by atoms with van der Waals surface area (Å²) in [4.78, 5) is 18.0. The number of ether oxygens (including phenoxy) is 1. The quantitative estimate of drug-likeness (QED) is 0.908. The lowest BCUT2D eigenvalue weighted by atomic mass is 10.2. The Morgan fingerprint density at radius 3 is 2.94 bits per heavy atom. The number of hydrogen-bond donors (Lipinski definition) is 1. The predicted molar refractivity (Wildman–Crippen MR) is 65.4 cm³/mol. The smallest absolute Gasteiger partial charge is 0.254 e. The first-order chi connectivity index (χ1) is 8.60. The van der Waals surface area contributed by atoms with Crippen molar-refractivity contribution in [2.45, 2.75) is 20.3 Å². The molecule has 1 aromatic carbocycles. The van der Waals surface area contributed by atoms with Gasteiger partial charge >= 0.3 is 0 Å². The van der Waals surface area contributed by atoms with Crippen LogP contribution in [0.25, 0.3) is 0 Å². The van der Waals surface area contributed by atoms with Crippen molar-refractivity contribution in [3.8, 4) is 11.6 Å². The van der Waals surface area contributed by atoms with E-state index in [0.717, 1.165) is 0 Å². The molecule has 0 unspecified atom stereocenters. The number of aromatic nitrogens is 2. The molecule has 1 heterocycles. The van der Waals surface area contributed by atoms with Gasteiger partial charge in [0.25, 0.3) is 5.56 Å². The number of H-pyrrole nitrogens is 1. The maximum absolute atomic E-state index is 13.7. The van der Waals surface area contributed by atoms with E-state index in [0.29, 0.717) is 17.8 Å². The van der Waals surface area contributed by atoms with Crippen LogP contribution in [0.15, 0.2) is 29.1 Å². The molecule has 0 amide bonds. The molecule has 0 aliphatic carbocycles. The highest BCUT2D eigenvalue weighted by Gasteiger charge is 2.09. The van der Waals surface area contributed by atoms with Crippen molar-refractivity contribution >= 4 is 0 Å². The third kappa shape index (κ3) is 2.56. The van der Waals surface area contributed by atoms with Crippen molar-refractivity contribution in [3.05, 3.63) is 51.8 Å². The summed E-state index contributed by atoms with van der Waals surface area (Å²) in [6.45, 7) is 3.50. The van der Waals surface area contributed by atoms with Crippen LogP contribution in [0.3, 0.4) is 0 Å². The Hall–Kier alpha value is -2.17. The van der Waals surface area contributed by atoms with E-state index < -0.39 is 5.82 Å². The minimum Gasteiger partial charge on any atom is -0.436 e. The fourth-order valence-electron chi connectivity index (χ4n) is 1.52. The lowest BCUT2D eigenvalue weighted by Crippen LogP contribution is -2.10. The second kappa shape index (κ2) is 5.00. The number of rotatable bonds is 3. The first-order valence-corrected chi connectivity index (χ1v) is 5.63. The van der Waals surface area contributed by atoms with E-state index >= 15 is 0 Å². The van der Waals surface area contributed by atoms with Gasteiger partial charge < -0.3 is 9.72 Å². The zero-order valence-electron chi connectivity index (χ0n) is 10.2. The van der Waals surface area contributed by atoms with E-state index in [1.54, 1.807) is 19.1 Å². The third-order valence-corrected chi connectivity index (χ3v) is 2.47. The number of nitrogens with one attached hydrogen (secondary N) is 1. The van der Waals surface area contributed by atoms with Crippen LogP contribution in [0.5, 0.6) is 11.6 Å². The van der Waals surface area contributed by atoms with Gasteiger partial charge in [0.15, 0.2) is 11.6 Å². The Kier molecular flexibility index (Phi) is 3.41. The van der Waals surface area contributed by atoms with Gasteiger partial charge in [-0.3, -0.25) is 4.79 Å². The first-order valence-electron chi connectivity index (χ1n) is 5.63. The molecule has 18 heavy (non-hydrogen) atoms. The Morgan fingerprint density at radius 1 is 1.44 bits per heavy atom. The fourth-order valence-corrected chi connectivity index (χ4v) is 1.52. The molecule has 2 aromatic rings. The van der Waals surface area contributed by atoms with E-state index in [-0.39, 0.29) is 17.2 Å². The molecule has 5 heteroatoms. The SMILES string of the molecule is CCc1nc(Oc2cccc(C)c2F)cc(=O)[nH]1. The second-order valence-electron chi connectivity index (χ2n) is 3.87. The highest BCUT2D eigenvalue weighted by atomic mass is 19.1. The zero-order valence-corrected chi connectivity index (χ0v) is 10.2. The standard InChI is InChI=1S/C13H13FN2O2/c1-3-10-15-11(17)7-12(16-10)18-9-6-4-5-8(2)13(9)14/h4-7H,3H2,1-2H3,(H,15,16,17). The normalized spacial score (nSPS) is 10.4. The molecule has 0 spiro atoms. The van der Waals surface area contributed by atoms with Gasteiger partial charge in [0.2, 0.25) is 5.88 Å². The Labute approximate surface area is 103 Å². The second-order valence-corrected chi connectivity index (χ2v) is 3.87. The van der Waals surface area contributed by atoms with Gasteiger partial charge in [-0.2, -0.15) is 4.98 Å². The van der Waals surface area contributed by atoms with Crippen LogP contribution in [-0.4, -0.2) is 9.97 Å². The lowest BCUT2D eigenvalue weighted by molar-refractivity contribution is 0.422. The molecule has 4 nitrogen and oxygen atoms in total. The number of benzene rings is 1. The van der Waals surface area contributed by atoms with Gasteiger partial charge in [0, 0.05) is 6.42 Å². The van der Waals surface area contributed by atoms with Crippen LogP contribution < -0.4 is 10.3 Å². The number of hydrogen-bond acceptors (Lipinski definition) is 3. The van der Waals surface area contributed by atoms with Crippen molar-refractivity contribution in [2.24, 2.45) is 0 Å². The molecule has 2 rings (SSSR count). The van der Waals surface area contributed by atoms with E-state index in [1.165, 1.54) is 12.1 Å². The van der Waals surface area contributed by atoms with Crippen LogP contribution in [0.1, 0.15) is 18.3 Å². The van der Waals surface area contributed by atoms with Gasteiger partial charge in [0.1, 0.15) is 5.82 Å². The summed E-state index contributed by atoms with van der Waals surface area (Å²) in [5.74, 6) is 0.221. The van der Waals surface area contributed by atoms with Gasteiger partial charge in [0.05, 0.1) is 6.07 Å². The summed E-state index contributed by atoms with van der Waals surface area (Å²) in [5.41, 5.74) is 0.165. The molecule has 0 fully saturated rings. The van der Waals surface area contributed by atoms with E-state index in [2.05, 4.69) is 9.97 Å². The van der Waals surface area contributed by atoms with Gasteiger partial charge in [-0.1, -0.05) is 19.1 Å². The maximum Gasteiger partial charge on any atom is 0.254 e. The van der Waals surface area contributed by atoms with Gasteiger partial charge in [-0.25, -0.2) is 4.39 Å². The minimum atomic E-state index is -0.447. The zero-order chi connectivity index (χ0) is 13.1. The van der Waals surface area contributed by atoms with Crippen LogP contribution in [-0.2, 0) is 6.42 Å². The number of aromatic amines is 1. The monoisotopic (exact) mass is 248 g/mol. The topological polar surface area (TPSA) is 55.0 Å².